The van der Waals surface area contributed by atoms with Gasteiger partial charge < -0.3 is 0 Å². The van der Waals surface area contributed by atoms with Crippen molar-refractivity contribution in [2.75, 3.05) is 0 Å². The van der Waals surface area contributed by atoms with E-state index in [-0.39, 0.29) is 24.8 Å². The topological polar surface area (TPSA) is 0 Å². The molecule has 0 saturated carbocycles. The molecule has 0 N–H and O–H groups in total. The van der Waals surface area contributed by atoms with Crippen molar-refractivity contribution < 1.29 is 16.1 Å². The summed E-state index contributed by atoms with van der Waals surface area (Å²) < 4.78 is 4.90. The quantitative estimate of drug-likeness (QED) is 0.511. The zero-order valence-electron chi connectivity index (χ0n) is 14.3. The van der Waals surface area contributed by atoms with E-state index in [4.69, 9.17) is 0 Å². The van der Waals surface area contributed by atoms with Crippen LogP contribution in [0.5, 0.6) is 0 Å². The van der Waals surface area contributed by atoms with E-state index in [1.165, 1.54) is 16.7 Å². The maximum absolute atomic E-state index is 2.63. The molecule has 4 rings (SSSR count). The van der Waals surface area contributed by atoms with Crippen LogP contribution in [0.25, 0.3) is 6.08 Å². The Morgan fingerprint density at radius 2 is 1.68 bits per heavy atom. The SMILES string of the molecule is Cl.Cl.[CH3][Ti](=[CH]c1ccccc1)([C]1=CC=CC1)[CH]1C=Cc2ccccc21. The molecule has 0 spiro atoms. The Labute approximate surface area is 166 Å². The van der Waals surface area contributed by atoms with E-state index >= 15 is 0 Å². The second-order valence-electron chi connectivity index (χ2n) is 6.63. The first-order valence-corrected chi connectivity index (χ1v) is 12.5. The van der Waals surface area contributed by atoms with Crippen molar-refractivity contribution in [3.63, 3.8) is 0 Å². The van der Waals surface area contributed by atoms with Crippen LogP contribution in [0.3, 0.4) is 0 Å². The van der Waals surface area contributed by atoms with Crippen LogP contribution in [-0.4, -0.2) is 4.31 Å². The summed E-state index contributed by atoms with van der Waals surface area (Å²) in [5, 5.41) is 2.57. The molecule has 0 amide bonds. The van der Waals surface area contributed by atoms with Gasteiger partial charge in [0.15, 0.2) is 0 Å². The molecule has 0 bridgehead atoms. The first kappa shape index (κ1) is 20.1. The molecular weight excluding hydrogens is 383 g/mol. The molecule has 2 atom stereocenters. The van der Waals surface area contributed by atoms with Gasteiger partial charge in [-0.25, -0.2) is 0 Å². The standard InChI is InChI=1S/C9H7.C7H6.C5H5.CH3.2ClH.Ti/c1-2-5-9-7-3-6-8(9)4-1;1-7-5-3-2-4-6-7;1-2-4-5-3-1;;;;/h1-7H;1-6H;1-3H,4H2;1H3;2*1H;. The van der Waals surface area contributed by atoms with E-state index < -0.39 is 16.1 Å². The molecule has 3 heteroatoms. The molecule has 2 aromatic rings. The van der Waals surface area contributed by atoms with Crippen molar-refractivity contribution in [3.05, 3.63) is 99.5 Å². The molecule has 25 heavy (non-hydrogen) atoms. The summed E-state index contributed by atoms with van der Waals surface area (Å²) in [4.78, 5) is 0. The van der Waals surface area contributed by atoms with E-state index in [0.29, 0.717) is 4.22 Å². The van der Waals surface area contributed by atoms with Crippen molar-refractivity contribution in [2.24, 2.45) is 0 Å². The van der Waals surface area contributed by atoms with E-state index in [2.05, 4.69) is 94.5 Å². The zero-order valence-corrected chi connectivity index (χ0v) is 17.5. The van der Waals surface area contributed by atoms with Gasteiger partial charge in [-0.15, -0.1) is 24.8 Å². The fourth-order valence-corrected chi connectivity index (χ4v) is 10.2. The second-order valence-corrected chi connectivity index (χ2v) is 13.1. The predicted octanol–water partition coefficient (Wildman–Crippen LogP) is 6.49. The monoisotopic (exact) mass is 405 g/mol. The van der Waals surface area contributed by atoms with Gasteiger partial charge in [-0.05, 0) is 0 Å². The molecule has 0 aliphatic heterocycles. The third-order valence-electron chi connectivity index (χ3n) is 5.17. The minimum atomic E-state index is -2.41. The Bertz CT molecular complexity index is 876. The van der Waals surface area contributed by atoms with Crippen LogP contribution in [0.1, 0.15) is 27.3 Å². The van der Waals surface area contributed by atoms with Gasteiger partial charge in [-0.1, -0.05) is 0 Å². The Morgan fingerprint density at radius 3 is 2.40 bits per heavy atom. The molecule has 0 heterocycles. The zero-order chi connectivity index (χ0) is 15.7. The number of allylic oxidation sites excluding steroid dienone is 5. The molecule has 0 fully saturated rings. The molecule has 0 radical (unpaired) electrons. The normalized spacial score (nSPS) is 19.2. The van der Waals surface area contributed by atoms with Crippen LogP contribution in [0.15, 0.2) is 82.8 Å². The number of hydrogen-bond donors (Lipinski definition) is 0. The van der Waals surface area contributed by atoms with Gasteiger partial charge in [0.05, 0.1) is 0 Å². The predicted molar refractivity (Wildman–Crippen MR) is 112 cm³/mol. The fourth-order valence-electron chi connectivity index (χ4n) is 3.90. The fraction of sp³-hybridized carbons (Fsp3) is 0.136. The first-order valence-electron chi connectivity index (χ1n) is 8.32. The van der Waals surface area contributed by atoms with Crippen molar-refractivity contribution in [3.8, 4) is 0 Å². The van der Waals surface area contributed by atoms with Crippen LogP contribution in [0, 0.1) is 0 Å². The van der Waals surface area contributed by atoms with Crippen molar-refractivity contribution in [1.29, 1.82) is 0 Å². The van der Waals surface area contributed by atoms with Crippen LogP contribution in [0.4, 0.5) is 0 Å². The number of fused-ring (bicyclic) bond motifs is 1. The van der Waals surface area contributed by atoms with Crippen LogP contribution in [-0.2, 0) is 16.1 Å². The van der Waals surface area contributed by atoms with Gasteiger partial charge in [-0.2, -0.15) is 0 Å². The number of rotatable bonds is 3. The summed E-state index contributed by atoms with van der Waals surface area (Å²) in [5.41, 5.74) is 4.30. The molecule has 0 saturated heterocycles. The third kappa shape index (κ3) is 3.83. The van der Waals surface area contributed by atoms with Gasteiger partial charge in [0.1, 0.15) is 0 Å². The van der Waals surface area contributed by atoms with Gasteiger partial charge in [0.25, 0.3) is 0 Å². The van der Waals surface area contributed by atoms with Gasteiger partial charge >= 0.3 is 142 Å². The summed E-state index contributed by atoms with van der Waals surface area (Å²) in [6.07, 6.45) is 12.8. The molecule has 2 unspecified atom stereocenters. The average Bonchev–Trinajstić information content (AvgIpc) is 3.26. The molecule has 0 aromatic heterocycles. The summed E-state index contributed by atoms with van der Waals surface area (Å²) >= 11 is -2.41. The average molecular weight is 406 g/mol. The molecule has 129 valence electrons. The van der Waals surface area contributed by atoms with Crippen LogP contribution >= 0.6 is 24.8 Å². The Hall–Kier alpha value is -1.18. The van der Waals surface area contributed by atoms with Crippen molar-refractivity contribution in [2.45, 2.75) is 15.9 Å². The Kier molecular flexibility index (Phi) is 6.82. The second kappa shape index (κ2) is 8.47. The molecule has 2 aliphatic carbocycles. The van der Waals surface area contributed by atoms with Crippen LogP contribution < -0.4 is 0 Å². The third-order valence-corrected chi connectivity index (χ3v) is 12.2. The maximum atomic E-state index is 2.63. The Balaban J connectivity index is 0.00000113. The minimum absolute atomic E-state index is 0. The number of hydrogen-bond acceptors (Lipinski definition) is 0. The summed E-state index contributed by atoms with van der Waals surface area (Å²) in [5.74, 6) is 0. The summed E-state index contributed by atoms with van der Waals surface area (Å²) in [7, 11) is 0. The van der Waals surface area contributed by atoms with Crippen molar-refractivity contribution in [1.82, 2.24) is 0 Å². The van der Waals surface area contributed by atoms with E-state index in [1.807, 2.05) is 0 Å². The molecule has 0 nitrogen and oxygen atoms in total. The summed E-state index contributed by atoms with van der Waals surface area (Å²) in [6.45, 7) is 0. The number of benzene rings is 2. The van der Waals surface area contributed by atoms with Gasteiger partial charge in [0, 0.05) is 0 Å². The van der Waals surface area contributed by atoms with E-state index in [0.717, 1.165) is 6.42 Å². The summed E-state index contributed by atoms with van der Waals surface area (Å²) in [6, 6.07) is 19.8. The molecular formula is C22H23Cl2Ti. The first-order chi connectivity index (χ1) is 11.3. The number of halogens is 2. The van der Waals surface area contributed by atoms with Crippen LogP contribution in [0.2, 0.25) is 5.23 Å². The van der Waals surface area contributed by atoms with Gasteiger partial charge in [0.2, 0.25) is 0 Å². The Morgan fingerprint density at radius 1 is 0.960 bits per heavy atom. The molecule has 2 aromatic carbocycles. The molecule has 2 aliphatic rings. The van der Waals surface area contributed by atoms with E-state index in [1.54, 1.807) is 3.88 Å². The van der Waals surface area contributed by atoms with Crippen molar-refractivity contribution >= 4 is 35.2 Å². The van der Waals surface area contributed by atoms with E-state index in [9.17, 15) is 0 Å². The van der Waals surface area contributed by atoms with Gasteiger partial charge in [-0.3, -0.25) is 0 Å².